The van der Waals surface area contributed by atoms with Crippen LogP contribution in [0, 0.1) is 0 Å². The van der Waals surface area contributed by atoms with Gasteiger partial charge in [-0.3, -0.25) is 9.28 Å². The summed E-state index contributed by atoms with van der Waals surface area (Å²) in [7, 11) is 0. The van der Waals surface area contributed by atoms with Crippen LogP contribution in [0.25, 0.3) is 0 Å². The predicted molar refractivity (Wildman–Crippen MR) is 125 cm³/mol. The summed E-state index contributed by atoms with van der Waals surface area (Å²) in [5, 5.41) is 6.51. The molecule has 0 aromatic heterocycles. The van der Waals surface area contributed by atoms with E-state index in [0.29, 0.717) is 6.17 Å². The number of hydrogen-bond donors (Lipinski definition) is 2. The van der Waals surface area contributed by atoms with E-state index in [1.165, 1.54) is 83.5 Å². The second kappa shape index (κ2) is 16.5. The number of quaternary nitrogens is 1. The molecule has 0 fully saturated rings. The Morgan fingerprint density at radius 1 is 0.966 bits per heavy atom. The molecule has 0 aromatic rings. The van der Waals surface area contributed by atoms with Crippen LogP contribution in [0.1, 0.15) is 104 Å². The third kappa shape index (κ3) is 11.5. The zero-order chi connectivity index (χ0) is 21.2. The fourth-order valence-corrected chi connectivity index (χ4v) is 4.28. The van der Waals surface area contributed by atoms with Gasteiger partial charge in [0.25, 0.3) is 0 Å². The van der Waals surface area contributed by atoms with E-state index >= 15 is 0 Å². The highest BCUT2D eigenvalue weighted by Crippen LogP contribution is 2.23. The summed E-state index contributed by atoms with van der Waals surface area (Å²) < 4.78 is 0.951. The Balaban J connectivity index is 2.03. The summed E-state index contributed by atoms with van der Waals surface area (Å²) in [6, 6.07) is 0. The Morgan fingerprint density at radius 2 is 1.59 bits per heavy atom. The molecule has 1 heterocycles. The van der Waals surface area contributed by atoms with Gasteiger partial charge in [-0.2, -0.15) is 0 Å². The van der Waals surface area contributed by atoms with Crippen molar-refractivity contribution in [2.45, 2.75) is 110 Å². The number of carbonyl (C=O) groups excluding carboxylic acids is 1. The van der Waals surface area contributed by atoms with E-state index in [1.807, 2.05) is 0 Å². The van der Waals surface area contributed by atoms with E-state index in [2.05, 4.69) is 49.0 Å². The molecular weight excluding hydrogens is 358 g/mol. The first-order valence-electron chi connectivity index (χ1n) is 12.3. The summed E-state index contributed by atoms with van der Waals surface area (Å²) in [5.74, 6) is 0.0648. The van der Waals surface area contributed by atoms with Crippen LogP contribution in [0.2, 0.25) is 0 Å². The number of rotatable bonds is 18. The minimum atomic E-state index is 0.0648. The fraction of sp³-hybridized carbons (Fsp3) is 0.800. The molecule has 0 radical (unpaired) electrons. The molecule has 1 amide bonds. The molecule has 4 nitrogen and oxygen atoms in total. The second-order valence-corrected chi connectivity index (χ2v) is 8.64. The summed E-state index contributed by atoms with van der Waals surface area (Å²) in [4.78, 5) is 11.2. The molecule has 0 saturated heterocycles. The SMILES string of the molecule is CCCCC/C=C/CCCCCCCCCC1NC=C[N+]1(CC)CCNC(C)=O. The van der Waals surface area contributed by atoms with Crippen LogP contribution in [0.5, 0.6) is 0 Å². The molecule has 0 spiro atoms. The van der Waals surface area contributed by atoms with Gasteiger partial charge in [-0.05, 0) is 39.0 Å². The van der Waals surface area contributed by atoms with E-state index in [1.54, 1.807) is 6.92 Å². The van der Waals surface area contributed by atoms with Gasteiger partial charge < -0.3 is 10.6 Å². The smallest absolute Gasteiger partial charge is 0.217 e. The molecule has 1 rings (SSSR count). The molecule has 4 heteroatoms. The molecule has 0 bridgehead atoms. The van der Waals surface area contributed by atoms with Crippen molar-refractivity contribution in [1.29, 1.82) is 0 Å². The average molecular weight is 407 g/mol. The van der Waals surface area contributed by atoms with Gasteiger partial charge in [-0.25, -0.2) is 0 Å². The molecule has 2 N–H and O–H groups in total. The van der Waals surface area contributed by atoms with Gasteiger partial charge in [0.15, 0.2) is 6.17 Å². The molecule has 1 aliphatic rings. The van der Waals surface area contributed by atoms with E-state index in [9.17, 15) is 4.79 Å². The van der Waals surface area contributed by atoms with Crippen molar-refractivity contribution in [2.24, 2.45) is 0 Å². The maximum Gasteiger partial charge on any atom is 0.217 e. The topological polar surface area (TPSA) is 41.1 Å². The van der Waals surface area contributed by atoms with Gasteiger partial charge in [0, 0.05) is 13.3 Å². The van der Waals surface area contributed by atoms with Crippen LogP contribution in [-0.4, -0.2) is 36.2 Å². The first-order chi connectivity index (χ1) is 14.1. The summed E-state index contributed by atoms with van der Waals surface area (Å²) in [6.45, 7) is 8.90. The van der Waals surface area contributed by atoms with Crippen molar-refractivity contribution < 1.29 is 9.28 Å². The van der Waals surface area contributed by atoms with Crippen LogP contribution in [-0.2, 0) is 4.79 Å². The first-order valence-corrected chi connectivity index (χ1v) is 12.3. The molecular formula is C25H48N3O+. The van der Waals surface area contributed by atoms with Crippen molar-refractivity contribution in [3.05, 3.63) is 24.6 Å². The van der Waals surface area contributed by atoms with Crippen molar-refractivity contribution >= 4 is 5.91 Å². The van der Waals surface area contributed by atoms with E-state index in [-0.39, 0.29) is 5.91 Å². The first kappa shape index (κ1) is 25.7. The summed E-state index contributed by atoms with van der Waals surface area (Å²) in [5.41, 5.74) is 0. The monoisotopic (exact) mass is 406 g/mol. The third-order valence-corrected chi connectivity index (χ3v) is 6.26. The number of amides is 1. The minimum Gasteiger partial charge on any atom is -0.351 e. The van der Waals surface area contributed by atoms with Crippen LogP contribution in [0.15, 0.2) is 24.6 Å². The quantitative estimate of drug-likeness (QED) is 0.166. The number of allylic oxidation sites excluding steroid dienone is 2. The van der Waals surface area contributed by atoms with Gasteiger partial charge in [0.1, 0.15) is 12.7 Å². The lowest BCUT2D eigenvalue weighted by molar-refractivity contribution is -0.898. The van der Waals surface area contributed by atoms with Crippen LogP contribution in [0.3, 0.4) is 0 Å². The number of likely N-dealkylation sites (N-methyl/N-ethyl adjacent to an activating group) is 1. The van der Waals surface area contributed by atoms with Gasteiger partial charge in [-0.15, -0.1) is 0 Å². The molecule has 0 aromatic carbocycles. The fourth-order valence-electron chi connectivity index (χ4n) is 4.28. The van der Waals surface area contributed by atoms with Crippen molar-refractivity contribution in [1.82, 2.24) is 10.6 Å². The normalized spacial score (nSPS) is 21.0. The van der Waals surface area contributed by atoms with Crippen molar-refractivity contribution in [3.8, 4) is 0 Å². The molecule has 2 atom stereocenters. The number of nitrogens with zero attached hydrogens (tertiary/aromatic N) is 1. The molecule has 0 aliphatic carbocycles. The highest BCUT2D eigenvalue weighted by Gasteiger charge is 2.36. The molecule has 2 unspecified atom stereocenters. The van der Waals surface area contributed by atoms with Crippen LogP contribution < -0.4 is 10.6 Å². The van der Waals surface area contributed by atoms with E-state index in [4.69, 9.17) is 0 Å². The van der Waals surface area contributed by atoms with E-state index in [0.717, 1.165) is 24.1 Å². The Morgan fingerprint density at radius 3 is 2.21 bits per heavy atom. The molecule has 29 heavy (non-hydrogen) atoms. The maximum absolute atomic E-state index is 11.2. The van der Waals surface area contributed by atoms with Crippen molar-refractivity contribution in [2.75, 3.05) is 19.6 Å². The maximum atomic E-state index is 11.2. The van der Waals surface area contributed by atoms with Crippen molar-refractivity contribution in [3.63, 3.8) is 0 Å². The van der Waals surface area contributed by atoms with Gasteiger partial charge in [-0.1, -0.05) is 64.0 Å². The van der Waals surface area contributed by atoms with Gasteiger partial charge in [0.05, 0.1) is 19.3 Å². The second-order valence-electron chi connectivity index (χ2n) is 8.64. The average Bonchev–Trinajstić information content (AvgIpc) is 3.11. The number of carbonyl (C=O) groups is 1. The summed E-state index contributed by atoms with van der Waals surface area (Å²) >= 11 is 0. The standard InChI is InChI=1S/C25H47N3O/c1-4-6-7-8-9-10-11-12-13-14-15-16-17-18-19-25-27-21-23-28(25,5-2)22-20-26-24(3)29/h9-10,21,23,25,27H,4-8,11-20,22H2,1-3H3/p+1/b10-9+. The third-order valence-electron chi connectivity index (χ3n) is 6.26. The molecule has 0 saturated carbocycles. The predicted octanol–water partition coefficient (Wildman–Crippen LogP) is 6.01. The lowest BCUT2D eigenvalue weighted by Crippen LogP contribution is -2.55. The largest absolute Gasteiger partial charge is 0.351 e. The van der Waals surface area contributed by atoms with E-state index < -0.39 is 0 Å². The van der Waals surface area contributed by atoms with Gasteiger partial charge in [0.2, 0.25) is 5.91 Å². The lowest BCUT2D eigenvalue weighted by Gasteiger charge is -2.37. The summed E-state index contributed by atoms with van der Waals surface area (Å²) in [6.07, 6.45) is 26.9. The molecule has 168 valence electrons. The zero-order valence-corrected chi connectivity index (χ0v) is 19.6. The van der Waals surface area contributed by atoms with Gasteiger partial charge >= 0.3 is 0 Å². The molecule has 1 aliphatic heterocycles. The minimum absolute atomic E-state index is 0.0648. The number of unbranched alkanes of at least 4 members (excludes halogenated alkanes) is 10. The Hall–Kier alpha value is -1.29. The lowest BCUT2D eigenvalue weighted by atomic mass is 10.1. The van der Waals surface area contributed by atoms with Crippen LogP contribution in [0.4, 0.5) is 0 Å². The zero-order valence-electron chi connectivity index (χ0n) is 19.6. The Bertz CT molecular complexity index is 475. The highest BCUT2D eigenvalue weighted by molar-refractivity contribution is 5.72. The number of nitrogens with one attached hydrogen (secondary N) is 2. The Kier molecular flexibility index (Phi) is 14.6. The highest BCUT2D eigenvalue weighted by atomic mass is 16.1. The Labute approximate surface area is 180 Å². The van der Waals surface area contributed by atoms with Crippen LogP contribution >= 0.6 is 0 Å². The number of hydrogen-bond acceptors (Lipinski definition) is 2.